The number of fused-ring (bicyclic) bond motifs is 5. The van der Waals surface area contributed by atoms with Crippen LogP contribution in [-0.4, -0.2) is 15.0 Å². The van der Waals surface area contributed by atoms with Gasteiger partial charge in [0.1, 0.15) is 11.2 Å². The lowest BCUT2D eigenvalue weighted by molar-refractivity contribution is 0.669. The second-order valence-corrected chi connectivity index (χ2v) is 12.3. The van der Waals surface area contributed by atoms with Crippen LogP contribution in [0.2, 0.25) is 0 Å². The monoisotopic (exact) mass is 658 g/mol. The number of hydrogen-bond donors (Lipinski definition) is 0. The first kappa shape index (κ1) is 22.7. The summed E-state index contributed by atoms with van der Waals surface area (Å²) in [5, 5.41) is 3.91. The minimum Gasteiger partial charge on any atom is -0.456 e. The first-order valence-electron chi connectivity index (χ1n) is 20.0. The highest BCUT2D eigenvalue weighted by Gasteiger charge is 2.16. The second kappa shape index (κ2) is 11.9. The highest BCUT2D eigenvalue weighted by molar-refractivity contribution is 6.12. The molecule has 0 saturated heterocycles. The van der Waals surface area contributed by atoms with Crippen molar-refractivity contribution in [1.29, 1.82) is 0 Å². The maximum absolute atomic E-state index is 9.00. The summed E-state index contributed by atoms with van der Waals surface area (Å²) in [6.07, 6.45) is 0. The van der Waals surface area contributed by atoms with Crippen LogP contribution in [0.5, 0.6) is 0 Å². The quantitative estimate of drug-likeness (QED) is 0.185. The number of aromatic nitrogens is 3. The summed E-state index contributed by atoms with van der Waals surface area (Å²) in [6.45, 7) is 0. The van der Waals surface area contributed by atoms with E-state index in [2.05, 4.69) is 24.3 Å². The second-order valence-electron chi connectivity index (χ2n) is 12.3. The van der Waals surface area contributed by atoms with E-state index < -0.39 is 24.2 Å². The third-order valence-corrected chi connectivity index (χ3v) is 9.20. The lowest BCUT2D eigenvalue weighted by Gasteiger charge is -2.11. The molecule has 0 saturated carbocycles. The molecule has 0 N–H and O–H groups in total. The highest BCUT2D eigenvalue weighted by Crippen LogP contribution is 2.37. The summed E-state index contributed by atoms with van der Waals surface area (Å²) in [6, 6.07) is 40.6. The number of benzene rings is 8. The summed E-state index contributed by atoms with van der Waals surface area (Å²) in [5.74, 6) is 1.37. The largest absolute Gasteiger partial charge is 0.456 e. The molecule has 0 fully saturated rings. The Labute approximate surface area is 304 Å². The van der Waals surface area contributed by atoms with Crippen molar-refractivity contribution < 1.29 is 14.0 Å². The molecule has 0 amide bonds. The van der Waals surface area contributed by atoms with Gasteiger partial charge in [-0.15, -0.1) is 0 Å². The van der Waals surface area contributed by atoms with Crippen molar-refractivity contribution in [3.63, 3.8) is 0 Å². The lowest BCUT2D eigenvalue weighted by atomic mass is 9.98. The standard InChI is InChI=1S/C47H29N3O/c1-2-11-36-29-37(28-21-30(36)9-1)31-19-24-34(25-20-31)45-48-46(50-47(49-45)40-16-7-12-32-10-3-4-13-38(32)40)35-26-22-33(23-27-35)39-15-8-18-43-44(39)41-14-5-6-17-42(41)51-43/h1-29H/i1D,2D,9D,11D,21D,28D,29D. The molecule has 4 nitrogen and oxygen atoms in total. The Morgan fingerprint density at radius 1 is 0.392 bits per heavy atom. The van der Waals surface area contributed by atoms with Crippen LogP contribution >= 0.6 is 0 Å². The van der Waals surface area contributed by atoms with Gasteiger partial charge in [0.15, 0.2) is 17.5 Å². The molecule has 10 aromatic rings. The van der Waals surface area contributed by atoms with Crippen molar-refractivity contribution in [2.75, 3.05) is 0 Å². The molecule has 4 heteroatoms. The molecule has 0 unspecified atom stereocenters. The van der Waals surface area contributed by atoms with Crippen LogP contribution in [0.3, 0.4) is 0 Å². The Bertz CT molecular complexity index is 3310. The van der Waals surface area contributed by atoms with Crippen molar-refractivity contribution in [2.24, 2.45) is 0 Å². The predicted molar refractivity (Wildman–Crippen MR) is 209 cm³/mol. The number of nitrogens with zero attached hydrogens (tertiary/aromatic N) is 3. The lowest BCUT2D eigenvalue weighted by Crippen LogP contribution is -2.00. The van der Waals surface area contributed by atoms with Gasteiger partial charge in [0.05, 0.1) is 9.60 Å². The van der Waals surface area contributed by atoms with E-state index in [1.54, 1.807) is 24.3 Å². The highest BCUT2D eigenvalue weighted by atomic mass is 16.3. The molecule has 0 aliphatic rings. The van der Waals surface area contributed by atoms with Gasteiger partial charge in [-0.05, 0) is 62.0 Å². The van der Waals surface area contributed by atoms with Crippen LogP contribution in [0, 0.1) is 0 Å². The molecule has 2 aromatic heterocycles. The Balaban J connectivity index is 1.10. The van der Waals surface area contributed by atoms with Gasteiger partial charge < -0.3 is 4.42 Å². The van der Waals surface area contributed by atoms with Gasteiger partial charge in [-0.3, -0.25) is 0 Å². The van der Waals surface area contributed by atoms with E-state index in [0.29, 0.717) is 28.6 Å². The molecule has 0 bridgehead atoms. The number of para-hydroxylation sites is 1. The van der Waals surface area contributed by atoms with Gasteiger partial charge in [0.2, 0.25) is 0 Å². The molecule has 8 aromatic carbocycles. The summed E-state index contributed by atoms with van der Waals surface area (Å²) < 4.78 is 65.8. The number of hydrogen-bond acceptors (Lipinski definition) is 4. The van der Waals surface area contributed by atoms with Crippen molar-refractivity contribution in [1.82, 2.24) is 15.0 Å². The van der Waals surface area contributed by atoms with Gasteiger partial charge in [-0.2, -0.15) is 0 Å². The fraction of sp³-hybridized carbons (Fsp3) is 0. The summed E-state index contributed by atoms with van der Waals surface area (Å²) in [4.78, 5) is 15.0. The van der Waals surface area contributed by atoms with Crippen LogP contribution in [0.1, 0.15) is 9.60 Å². The van der Waals surface area contributed by atoms with Crippen LogP contribution in [0.25, 0.3) is 99.9 Å². The zero-order chi connectivity index (χ0) is 39.8. The fourth-order valence-corrected chi connectivity index (χ4v) is 6.70. The number of furan rings is 1. The first-order chi connectivity index (χ1) is 28.2. The Morgan fingerprint density at radius 2 is 0.980 bits per heavy atom. The third-order valence-electron chi connectivity index (χ3n) is 9.20. The minimum absolute atomic E-state index is 0.0891. The molecular formula is C47H29N3O. The molecule has 10 rings (SSSR count). The Kier molecular flexibility index (Phi) is 5.29. The van der Waals surface area contributed by atoms with Gasteiger partial charge >= 0.3 is 0 Å². The average molecular weight is 659 g/mol. The topological polar surface area (TPSA) is 51.8 Å². The summed E-state index contributed by atoms with van der Waals surface area (Å²) in [5.41, 5.74) is 6.55. The van der Waals surface area contributed by atoms with E-state index in [-0.39, 0.29) is 34.5 Å². The van der Waals surface area contributed by atoms with Crippen molar-refractivity contribution in [3.8, 4) is 56.4 Å². The molecule has 0 spiro atoms. The summed E-state index contributed by atoms with van der Waals surface area (Å²) in [7, 11) is 0. The van der Waals surface area contributed by atoms with Gasteiger partial charge in [0.25, 0.3) is 0 Å². The van der Waals surface area contributed by atoms with Crippen LogP contribution < -0.4 is 0 Å². The predicted octanol–water partition coefficient (Wildman–Crippen LogP) is 12.4. The zero-order valence-corrected chi connectivity index (χ0v) is 27.0. The van der Waals surface area contributed by atoms with Crippen LogP contribution in [-0.2, 0) is 0 Å². The van der Waals surface area contributed by atoms with Gasteiger partial charge in [-0.25, -0.2) is 15.0 Å². The van der Waals surface area contributed by atoms with E-state index in [1.165, 1.54) is 0 Å². The van der Waals surface area contributed by atoms with E-state index in [9.17, 15) is 0 Å². The number of rotatable bonds is 5. The average Bonchev–Trinajstić information content (AvgIpc) is 3.65. The SMILES string of the molecule is [2H]c1c([2H])c([2H])c2c([2H])c(-c3ccc(-c4nc(-c5ccc(-c6cccc7oc8ccccc8c67)cc5)nc(-c5cccc6ccccc56)n4)cc3)c([2H])c([2H])c2c1[2H]. The normalized spacial score (nSPS) is 13.5. The van der Waals surface area contributed by atoms with E-state index >= 15 is 0 Å². The van der Waals surface area contributed by atoms with Crippen LogP contribution in [0.4, 0.5) is 0 Å². The Morgan fingerprint density at radius 3 is 1.78 bits per heavy atom. The zero-order valence-electron chi connectivity index (χ0n) is 34.0. The first-order valence-corrected chi connectivity index (χ1v) is 16.5. The van der Waals surface area contributed by atoms with Crippen molar-refractivity contribution in [2.45, 2.75) is 0 Å². The van der Waals surface area contributed by atoms with Crippen molar-refractivity contribution >= 4 is 43.5 Å². The van der Waals surface area contributed by atoms with Crippen LogP contribution in [0.15, 0.2) is 180 Å². The fourth-order valence-electron chi connectivity index (χ4n) is 6.70. The van der Waals surface area contributed by atoms with Crippen molar-refractivity contribution in [3.05, 3.63) is 176 Å². The molecular weight excluding hydrogens is 623 g/mol. The van der Waals surface area contributed by atoms with E-state index in [1.807, 2.05) is 84.9 Å². The Hall–Kier alpha value is -6.91. The molecule has 0 aliphatic heterocycles. The molecule has 51 heavy (non-hydrogen) atoms. The molecule has 0 aliphatic carbocycles. The third kappa shape index (κ3) is 5.13. The molecule has 0 atom stereocenters. The van der Waals surface area contributed by atoms with Gasteiger partial charge in [0, 0.05) is 27.5 Å². The van der Waals surface area contributed by atoms with Gasteiger partial charge in [-0.1, -0.05) is 158 Å². The smallest absolute Gasteiger partial charge is 0.164 e. The molecule has 2 heterocycles. The molecule has 0 radical (unpaired) electrons. The minimum atomic E-state index is -0.502. The maximum atomic E-state index is 9.00. The van der Waals surface area contributed by atoms with E-state index in [4.69, 9.17) is 29.0 Å². The maximum Gasteiger partial charge on any atom is 0.164 e. The summed E-state index contributed by atoms with van der Waals surface area (Å²) >= 11 is 0. The molecule has 238 valence electrons. The van der Waals surface area contributed by atoms with E-state index in [0.717, 1.165) is 55.0 Å².